The summed E-state index contributed by atoms with van der Waals surface area (Å²) in [5.41, 5.74) is 2.00. The maximum absolute atomic E-state index is 12.1. The number of amides is 1. The third kappa shape index (κ3) is 2.74. The van der Waals surface area contributed by atoms with Gasteiger partial charge in [0.25, 0.3) is 0 Å². The normalized spacial score (nSPS) is 20.2. The lowest BCUT2D eigenvalue weighted by Gasteiger charge is -2.04. The molecule has 1 saturated carbocycles. The van der Waals surface area contributed by atoms with E-state index in [1.165, 1.54) is 5.56 Å². The molecule has 3 aromatic rings. The van der Waals surface area contributed by atoms with Crippen LogP contribution in [-0.2, 0) is 11.2 Å². The first-order chi connectivity index (χ1) is 10.7. The molecule has 112 valence electrons. The first-order valence-corrected chi connectivity index (χ1v) is 8.41. The number of nitrogens with one attached hydrogen (secondary N) is 1. The van der Waals surface area contributed by atoms with Crippen LogP contribution in [0, 0.1) is 0 Å². The predicted molar refractivity (Wildman–Crippen MR) is 87.5 cm³/mol. The molecule has 1 aliphatic rings. The Labute approximate surface area is 136 Å². The minimum absolute atomic E-state index is 0.0280. The maximum Gasteiger partial charge on any atom is 0.226 e. The second kappa shape index (κ2) is 5.41. The molecule has 22 heavy (non-hydrogen) atoms. The number of nitrogens with zero attached hydrogens (tertiary/aromatic N) is 2. The number of thiazole rings is 1. The van der Waals surface area contributed by atoms with Gasteiger partial charge in [0.05, 0.1) is 12.1 Å². The molecule has 1 aliphatic carbocycles. The SMILES string of the molecule is O=C(Cc1cn2ccsc2n1)N[C@@H]1C[C@H]1c1cccc(Cl)c1. The molecule has 6 heteroatoms. The fourth-order valence-corrected chi connectivity index (χ4v) is 3.66. The van der Waals surface area contributed by atoms with Gasteiger partial charge in [0, 0.05) is 34.8 Å². The van der Waals surface area contributed by atoms with E-state index >= 15 is 0 Å². The van der Waals surface area contributed by atoms with Crippen LogP contribution in [0.15, 0.2) is 42.0 Å². The lowest BCUT2D eigenvalue weighted by atomic mass is 10.1. The van der Waals surface area contributed by atoms with Crippen molar-refractivity contribution in [2.24, 2.45) is 0 Å². The number of carbonyl (C=O) groups is 1. The van der Waals surface area contributed by atoms with E-state index in [0.29, 0.717) is 12.3 Å². The van der Waals surface area contributed by atoms with Gasteiger partial charge in [-0.1, -0.05) is 23.7 Å². The topological polar surface area (TPSA) is 46.4 Å². The first kappa shape index (κ1) is 13.8. The molecule has 1 N–H and O–H groups in total. The Kier molecular flexibility index (Phi) is 3.39. The molecular weight excluding hydrogens is 318 g/mol. The molecule has 0 aliphatic heterocycles. The summed E-state index contributed by atoms with van der Waals surface area (Å²) in [5, 5.41) is 5.80. The minimum Gasteiger partial charge on any atom is -0.352 e. The van der Waals surface area contributed by atoms with Gasteiger partial charge in [-0.05, 0) is 24.1 Å². The molecule has 1 fully saturated rings. The van der Waals surface area contributed by atoms with E-state index in [2.05, 4.69) is 16.4 Å². The highest BCUT2D eigenvalue weighted by atomic mass is 35.5. The second-order valence-electron chi connectivity index (χ2n) is 5.57. The lowest BCUT2D eigenvalue weighted by molar-refractivity contribution is -0.120. The molecular formula is C16H14ClN3OS. The highest BCUT2D eigenvalue weighted by Gasteiger charge is 2.39. The summed E-state index contributed by atoms with van der Waals surface area (Å²) in [5.74, 6) is 0.411. The average Bonchev–Trinajstić information content (AvgIpc) is 2.91. The van der Waals surface area contributed by atoms with E-state index in [0.717, 1.165) is 22.1 Å². The van der Waals surface area contributed by atoms with Gasteiger partial charge in [0.15, 0.2) is 4.96 Å². The minimum atomic E-state index is 0.0280. The first-order valence-electron chi connectivity index (χ1n) is 7.15. The zero-order valence-electron chi connectivity index (χ0n) is 11.7. The summed E-state index contributed by atoms with van der Waals surface area (Å²) in [6.07, 6.45) is 5.16. The van der Waals surface area contributed by atoms with Crippen molar-refractivity contribution in [1.82, 2.24) is 14.7 Å². The number of carbonyl (C=O) groups excluding carboxylic acids is 1. The largest absolute Gasteiger partial charge is 0.352 e. The molecule has 2 aromatic heterocycles. The predicted octanol–water partition coefficient (Wildman–Crippen LogP) is 3.26. The molecule has 2 atom stereocenters. The number of benzene rings is 1. The molecule has 0 unspecified atom stereocenters. The Morgan fingerprint density at radius 1 is 1.50 bits per heavy atom. The molecule has 0 spiro atoms. The Morgan fingerprint density at radius 2 is 2.41 bits per heavy atom. The standard InChI is InChI=1S/C16H14ClN3OS/c17-11-3-1-2-10(6-11)13-8-14(13)19-15(21)7-12-9-20-4-5-22-16(20)18-12/h1-6,9,13-14H,7-8H2,(H,19,21)/t13-,14+/m0/s1. The number of halogens is 1. The van der Waals surface area contributed by atoms with Gasteiger partial charge in [-0.2, -0.15) is 0 Å². The highest BCUT2D eigenvalue weighted by molar-refractivity contribution is 7.15. The van der Waals surface area contributed by atoms with Gasteiger partial charge in [0.2, 0.25) is 5.91 Å². The van der Waals surface area contributed by atoms with Crippen molar-refractivity contribution in [3.63, 3.8) is 0 Å². The van der Waals surface area contributed by atoms with Crippen LogP contribution in [-0.4, -0.2) is 21.3 Å². The van der Waals surface area contributed by atoms with E-state index in [1.54, 1.807) is 11.3 Å². The van der Waals surface area contributed by atoms with Crippen molar-refractivity contribution in [2.75, 3.05) is 0 Å². The number of fused-ring (bicyclic) bond motifs is 1. The van der Waals surface area contributed by atoms with E-state index in [1.807, 2.05) is 40.4 Å². The van der Waals surface area contributed by atoms with E-state index in [-0.39, 0.29) is 11.9 Å². The third-order valence-electron chi connectivity index (χ3n) is 3.90. The number of aromatic nitrogens is 2. The number of rotatable bonds is 4. The third-order valence-corrected chi connectivity index (χ3v) is 4.90. The zero-order chi connectivity index (χ0) is 15.1. The van der Waals surface area contributed by atoms with Gasteiger partial charge in [0.1, 0.15) is 0 Å². The highest BCUT2D eigenvalue weighted by Crippen LogP contribution is 2.41. The molecule has 1 amide bonds. The van der Waals surface area contributed by atoms with Crippen molar-refractivity contribution in [3.8, 4) is 0 Å². The average molecular weight is 332 g/mol. The fraction of sp³-hybridized carbons (Fsp3) is 0.250. The fourth-order valence-electron chi connectivity index (χ4n) is 2.74. The molecule has 2 heterocycles. The molecule has 1 aromatic carbocycles. The van der Waals surface area contributed by atoms with Crippen LogP contribution in [0.3, 0.4) is 0 Å². The van der Waals surface area contributed by atoms with Gasteiger partial charge in [-0.25, -0.2) is 4.98 Å². The van der Waals surface area contributed by atoms with Crippen molar-refractivity contribution in [3.05, 3.63) is 58.3 Å². The smallest absolute Gasteiger partial charge is 0.226 e. The maximum atomic E-state index is 12.1. The molecule has 4 nitrogen and oxygen atoms in total. The van der Waals surface area contributed by atoms with Crippen molar-refractivity contribution in [2.45, 2.75) is 24.8 Å². The zero-order valence-corrected chi connectivity index (χ0v) is 13.3. The van der Waals surface area contributed by atoms with Crippen LogP contribution in [0.4, 0.5) is 0 Å². The molecule has 0 radical (unpaired) electrons. The van der Waals surface area contributed by atoms with Crippen LogP contribution in [0.5, 0.6) is 0 Å². The Balaban J connectivity index is 1.36. The van der Waals surface area contributed by atoms with Crippen LogP contribution in [0.1, 0.15) is 23.6 Å². The summed E-state index contributed by atoms with van der Waals surface area (Å²) in [6.45, 7) is 0. The summed E-state index contributed by atoms with van der Waals surface area (Å²) in [7, 11) is 0. The second-order valence-corrected chi connectivity index (χ2v) is 6.88. The molecule has 0 saturated heterocycles. The molecule has 0 bridgehead atoms. The van der Waals surface area contributed by atoms with Crippen LogP contribution >= 0.6 is 22.9 Å². The number of hydrogen-bond acceptors (Lipinski definition) is 3. The van der Waals surface area contributed by atoms with E-state index < -0.39 is 0 Å². The quantitative estimate of drug-likeness (QED) is 0.797. The monoisotopic (exact) mass is 331 g/mol. The summed E-state index contributed by atoms with van der Waals surface area (Å²) < 4.78 is 1.94. The lowest BCUT2D eigenvalue weighted by Crippen LogP contribution is -2.28. The van der Waals surface area contributed by atoms with E-state index in [9.17, 15) is 4.79 Å². The number of imidazole rings is 1. The van der Waals surface area contributed by atoms with Crippen molar-refractivity contribution in [1.29, 1.82) is 0 Å². The van der Waals surface area contributed by atoms with E-state index in [4.69, 9.17) is 11.6 Å². The Bertz CT molecular complexity index is 812. The number of hydrogen-bond donors (Lipinski definition) is 1. The Hall–Kier alpha value is -1.85. The van der Waals surface area contributed by atoms with Gasteiger partial charge >= 0.3 is 0 Å². The van der Waals surface area contributed by atoms with Crippen LogP contribution < -0.4 is 5.32 Å². The van der Waals surface area contributed by atoms with Gasteiger partial charge in [-0.3, -0.25) is 9.20 Å². The van der Waals surface area contributed by atoms with Crippen LogP contribution in [0.25, 0.3) is 4.96 Å². The van der Waals surface area contributed by atoms with Gasteiger partial charge < -0.3 is 5.32 Å². The summed E-state index contributed by atoms with van der Waals surface area (Å²) in [6, 6.07) is 8.07. The summed E-state index contributed by atoms with van der Waals surface area (Å²) >= 11 is 7.58. The Morgan fingerprint density at radius 3 is 3.23 bits per heavy atom. The van der Waals surface area contributed by atoms with Crippen molar-refractivity contribution >= 4 is 33.8 Å². The molecule has 4 rings (SSSR count). The van der Waals surface area contributed by atoms with Gasteiger partial charge in [-0.15, -0.1) is 11.3 Å². The van der Waals surface area contributed by atoms with Crippen molar-refractivity contribution < 1.29 is 4.79 Å². The summed E-state index contributed by atoms with van der Waals surface area (Å²) in [4.78, 5) is 17.5. The van der Waals surface area contributed by atoms with Crippen LogP contribution in [0.2, 0.25) is 5.02 Å².